The Kier molecular flexibility index (Phi) is 7.13. The Morgan fingerprint density at radius 2 is 1.29 bits per heavy atom. The average Bonchev–Trinajstić information content (AvgIpc) is 2.86. The lowest BCUT2D eigenvalue weighted by Crippen LogP contribution is -2.07. The number of alkyl halides is 3. The molecular formula is C27H22F3NO3. The maximum Gasteiger partial charge on any atom is 0.416 e. The minimum atomic E-state index is -4.51. The first-order chi connectivity index (χ1) is 16.4. The highest BCUT2D eigenvalue weighted by atomic mass is 19.4. The van der Waals surface area contributed by atoms with Crippen molar-refractivity contribution < 1.29 is 27.8 Å². The molecule has 0 saturated carbocycles. The van der Waals surface area contributed by atoms with Crippen molar-refractivity contribution >= 4 is 0 Å². The van der Waals surface area contributed by atoms with Gasteiger partial charge in [0.2, 0.25) is 11.8 Å². The van der Waals surface area contributed by atoms with E-state index in [1.165, 1.54) is 6.07 Å². The lowest BCUT2D eigenvalue weighted by molar-refractivity contribution is -0.137. The van der Waals surface area contributed by atoms with Crippen LogP contribution >= 0.6 is 0 Å². The van der Waals surface area contributed by atoms with Crippen molar-refractivity contribution in [3.05, 3.63) is 113 Å². The third-order valence-corrected chi connectivity index (χ3v) is 5.18. The van der Waals surface area contributed by atoms with Crippen LogP contribution in [0.2, 0.25) is 0 Å². The van der Waals surface area contributed by atoms with Crippen molar-refractivity contribution in [1.82, 2.24) is 4.98 Å². The Morgan fingerprint density at radius 1 is 0.706 bits per heavy atom. The Bertz CT molecular complexity index is 1230. The van der Waals surface area contributed by atoms with Gasteiger partial charge in [-0.25, -0.2) is 0 Å². The van der Waals surface area contributed by atoms with Gasteiger partial charge < -0.3 is 14.6 Å². The molecule has 0 spiro atoms. The number of aliphatic hydroxyl groups is 1. The van der Waals surface area contributed by atoms with Crippen molar-refractivity contribution in [3.8, 4) is 22.9 Å². The standard InChI is InChI=1S/C27H22F3NO3/c28-27(29,30)22-11-12-23(21(15-22)16-32)24-13-14-25(33-17-19-7-3-1-4-8-19)31-26(24)34-18-20-9-5-2-6-10-20/h1-15,32H,16-18H2. The lowest BCUT2D eigenvalue weighted by atomic mass is 9.98. The van der Waals surface area contributed by atoms with Gasteiger partial charge in [0.05, 0.1) is 12.2 Å². The fourth-order valence-corrected chi connectivity index (χ4v) is 3.44. The highest BCUT2D eigenvalue weighted by Gasteiger charge is 2.31. The molecule has 0 fully saturated rings. The molecule has 0 aliphatic heterocycles. The number of nitrogens with zero attached hydrogens (tertiary/aromatic N) is 1. The van der Waals surface area contributed by atoms with Gasteiger partial charge in [-0.1, -0.05) is 66.7 Å². The average molecular weight is 465 g/mol. The van der Waals surface area contributed by atoms with E-state index in [1.807, 2.05) is 60.7 Å². The molecule has 7 heteroatoms. The molecule has 1 aromatic heterocycles. The Morgan fingerprint density at radius 3 is 1.88 bits per heavy atom. The lowest BCUT2D eigenvalue weighted by Gasteiger charge is -2.16. The van der Waals surface area contributed by atoms with Gasteiger partial charge in [-0.05, 0) is 40.5 Å². The summed E-state index contributed by atoms with van der Waals surface area (Å²) in [5.74, 6) is 0.511. The van der Waals surface area contributed by atoms with E-state index in [-0.39, 0.29) is 18.1 Å². The fourth-order valence-electron chi connectivity index (χ4n) is 3.44. The summed E-state index contributed by atoms with van der Waals surface area (Å²) in [6.45, 7) is -0.0603. The zero-order valence-electron chi connectivity index (χ0n) is 18.1. The summed E-state index contributed by atoms with van der Waals surface area (Å²) >= 11 is 0. The van der Waals surface area contributed by atoms with Gasteiger partial charge in [-0.2, -0.15) is 18.2 Å². The van der Waals surface area contributed by atoms with Crippen LogP contribution in [-0.4, -0.2) is 10.1 Å². The number of benzene rings is 3. The number of ether oxygens (including phenoxy) is 2. The second kappa shape index (κ2) is 10.4. The number of hydrogen-bond acceptors (Lipinski definition) is 4. The molecule has 0 bridgehead atoms. The van der Waals surface area contributed by atoms with Crippen LogP contribution in [0.1, 0.15) is 22.3 Å². The second-order valence-electron chi connectivity index (χ2n) is 7.58. The van der Waals surface area contributed by atoms with Gasteiger partial charge >= 0.3 is 6.18 Å². The zero-order valence-corrected chi connectivity index (χ0v) is 18.1. The van der Waals surface area contributed by atoms with E-state index in [9.17, 15) is 18.3 Å². The molecule has 3 aromatic carbocycles. The third kappa shape index (κ3) is 5.74. The molecule has 4 rings (SSSR count). The minimum absolute atomic E-state index is 0.124. The minimum Gasteiger partial charge on any atom is -0.473 e. The quantitative estimate of drug-likeness (QED) is 0.326. The molecule has 0 amide bonds. The topological polar surface area (TPSA) is 51.6 Å². The predicted octanol–water partition coefficient (Wildman–Crippen LogP) is 6.42. The summed E-state index contributed by atoms with van der Waals surface area (Å²) in [6, 6.07) is 25.6. The van der Waals surface area contributed by atoms with Crippen molar-refractivity contribution in [1.29, 1.82) is 0 Å². The van der Waals surface area contributed by atoms with E-state index in [2.05, 4.69) is 4.98 Å². The monoisotopic (exact) mass is 465 g/mol. The van der Waals surface area contributed by atoms with Crippen LogP contribution in [-0.2, 0) is 26.0 Å². The number of rotatable bonds is 8. The third-order valence-electron chi connectivity index (χ3n) is 5.18. The molecule has 4 nitrogen and oxygen atoms in total. The number of halogens is 3. The van der Waals surface area contributed by atoms with Crippen LogP contribution < -0.4 is 9.47 Å². The largest absolute Gasteiger partial charge is 0.473 e. The summed E-state index contributed by atoms with van der Waals surface area (Å²) in [5.41, 5.74) is 2.02. The Labute approximate surface area is 195 Å². The SMILES string of the molecule is OCc1cc(C(F)(F)F)ccc1-c1ccc(OCc2ccccc2)nc1OCc1ccccc1. The Balaban J connectivity index is 1.67. The van der Waals surface area contributed by atoms with Crippen LogP contribution in [0.5, 0.6) is 11.8 Å². The molecule has 174 valence electrons. The summed E-state index contributed by atoms with van der Waals surface area (Å²) in [5, 5.41) is 9.78. The van der Waals surface area contributed by atoms with Crippen LogP contribution in [0.25, 0.3) is 11.1 Å². The Hall–Kier alpha value is -3.84. The summed E-state index contributed by atoms with van der Waals surface area (Å²) in [6.07, 6.45) is -4.51. The van der Waals surface area contributed by atoms with E-state index in [0.29, 0.717) is 23.6 Å². The first-order valence-corrected chi connectivity index (χ1v) is 10.6. The molecule has 1 N–H and O–H groups in total. The molecule has 0 radical (unpaired) electrons. The van der Waals surface area contributed by atoms with E-state index >= 15 is 0 Å². The number of hydrogen-bond donors (Lipinski definition) is 1. The number of aliphatic hydroxyl groups excluding tert-OH is 1. The van der Waals surface area contributed by atoms with E-state index in [0.717, 1.165) is 23.3 Å². The molecule has 34 heavy (non-hydrogen) atoms. The first-order valence-electron chi connectivity index (χ1n) is 10.6. The molecule has 0 atom stereocenters. The number of pyridine rings is 1. The van der Waals surface area contributed by atoms with Crippen molar-refractivity contribution in [2.45, 2.75) is 26.0 Å². The molecule has 0 aliphatic carbocycles. The molecule has 0 unspecified atom stereocenters. The molecule has 0 aliphatic rings. The van der Waals surface area contributed by atoms with Crippen LogP contribution in [0.15, 0.2) is 91.0 Å². The smallest absolute Gasteiger partial charge is 0.416 e. The number of aromatic nitrogens is 1. The second-order valence-corrected chi connectivity index (χ2v) is 7.58. The zero-order chi connectivity index (χ0) is 24.0. The van der Waals surface area contributed by atoms with Gasteiger partial charge in [0.15, 0.2) is 0 Å². The summed E-state index contributed by atoms with van der Waals surface area (Å²) in [7, 11) is 0. The first kappa shape index (κ1) is 23.3. The van der Waals surface area contributed by atoms with Crippen LogP contribution in [0.3, 0.4) is 0 Å². The van der Waals surface area contributed by atoms with Gasteiger partial charge in [0, 0.05) is 11.6 Å². The highest BCUT2D eigenvalue weighted by Crippen LogP contribution is 2.37. The molecular weight excluding hydrogens is 443 g/mol. The molecule has 4 aromatic rings. The van der Waals surface area contributed by atoms with Gasteiger partial charge in [0.25, 0.3) is 0 Å². The molecule has 0 saturated heterocycles. The van der Waals surface area contributed by atoms with Crippen LogP contribution in [0.4, 0.5) is 13.2 Å². The summed E-state index contributed by atoms with van der Waals surface area (Å²) < 4.78 is 51.3. The van der Waals surface area contributed by atoms with Crippen molar-refractivity contribution in [2.75, 3.05) is 0 Å². The maximum atomic E-state index is 13.2. The van der Waals surface area contributed by atoms with Gasteiger partial charge in [-0.3, -0.25) is 0 Å². The highest BCUT2D eigenvalue weighted by molar-refractivity contribution is 5.72. The van der Waals surface area contributed by atoms with E-state index in [1.54, 1.807) is 12.1 Å². The maximum absolute atomic E-state index is 13.2. The normalized spacial score (nSPS) is 11.3. The van der Waals surface area contributed by atoms with Crippen molar-refractivity contribution in [3.63, 3.8) is 0 Å². The van der Waals surface area contributed by atoms with Gasteiger partial charge in [0.1, 0.15) is 13.2 Å². The van der Waals surface area contributed by atoms with E-state index in [4.69, 9.17) is 9.47 Å². The van der Waals surface area contributed by atoms with Gasteiger partial charge in [-0.15, -0.1) is 0 Å². The van der Waals surface area contributed by atoms with Crippen LogP contribution in [0, 0.1) is 0 Å². The fraction of sp³-hybridized carbons (Fsp3) is 0.148. The van der Waals surface area contributed by atoms with Crippen molar-refractivity contribution in [2.24, 2.45) is 0 Å². The summed E-state index contributed by atoms with van der Waals surface area (Å²) in [4.78, 5) is 4.48. The predicted molar refractivity (Wildman–Crippen MR) is 122 cm³/mol. The molecule has 1 heterocycles. The van der Waals surface area contributed by atoms with E-state index < -0.39 is 18.3 Å².